The predicted octanol–water partition coefficient (Wildman–Crippen LogP) is 16.4. The van der Waals surface area contributed by atoms with Gasteiger partial charge in [-0.15, -0.1) is 74.6 Å². The number of unbranched alkanes of at least 4 members (excludes halogenated alkanes) is 2. The van der Waals surface area contributed by atoms with Gasteiger partial charge < -0.3 is 0 Å². The molecule has 0 bridgehead atoms. The van der Waals surface area contributed by atoms with E-state index < -0.39 is 53.1 Å². The van der Waals surface area contributed by atoms with Crippen LogP contribution >= 0.6 is 17.0 Å². The molecule has 9 rings (SSSR count). The van der Waals surface area contributed by atoms with E-state index in [1.165, 1.54) is 126 Å². The first-order chi connectivity index (χ1) is 33.9. The molecule has 1 heterocycles. The molecule has 0 saturated heterocycles. The Balaban J connectivity index is 0.000000181. The van der Waals surface area contributed by atoms with Gasteiger partial charge in [-0.3, -0.25) is 0 Å². The molecule has 0 atom stereocenters. The Bertz CT molecular complexity index is 2820. The van der Waals surface area contributed by atoms with Crippen molar-refractivity contribution >= 4 is 112 Å². The summed E-state index contributed by atoms with van der Waals surface area (Å²) in [6.45, 7) is 38.8. The van der Waals surface area contributed by atoms with E-state index in [2.05, 4.69) is 234 Å². The summed E-state index contributed by atoms with van der Waals surface area (Å²) < 4.78 is 0. The summed E-state index contributed by atoms with van der Waals surface area (Å²) in [5, 5.41) is 14.9. The average Bonchev–Trinajstić information content (AvgIpc) is 4.04. The van der Waals surface area contributed by atoms with Gasteiger partial charge in [-0.25, -0.2) is 0 Å². The maximum Gasteiger partial charge on any atom is 0.0920 e. The molecular formula is C64H81Cl2Si5Zr-3. The van der Waals surface area contributed by atoms with Crippen molar-refractivity contribution in [1.29, 1.82) is 0 Å². The standard InChI is InChI=1S/2C26H37Si2.C12H7Si.2ClH.Zr/c2*1-9-10-11-20-14-21-13-12-19(2)26(25(21)15-20)22-16-23(27(3,4)5)18-24(17-22)28(6,7)8;1-3-7-11-9(5-1)10-6-2-4-8-12(10)13-11;;;/h2*12-18H,9-11H2,1-8H3;1-7H;2*1H;/q3*-1;;;+2/p-2. The molecule has 378 valence electrons. The fraction of sp³-hybridized carbons (Fsp3) is 0.344. The summed E-state index contributed by atoms with van der Waals surface area (Å²) in [5.41, 5.74) is 14.3. The molecule has 0 spiro atoms. The summed E-state index contributed by atoms with van der Waals surface area (Å²) in [5.74, 6) is 0. The van der Waals surface area contributed by atoms with E-state index in [0.717, 1.165) is 9.52 Å². The molecule has 1 aliphatic heterocycles. The van der Waals surface area contributed by atoms with Crippen molar-refractivity contribution in [3.8, 4) is 33.4 Å². The normalized spacial score (nSPS) is 12.3. The molecule has 0 saturated carbocycles. The summed E-state index contributed by atoms with van der Waals surface area (Å²) in [4.78, 5) is 0. The second-order valence-corrected chi connectivity index (χ2v) is 49.6. The average molecular weight is 1150 g/mol. The van der Waals surface area contributed by atoms with Gasteiger partial charge in [-0.05, 0) is 37.8 Å². The first kappa shape index (κ1) is 58.4. The van der Waals surface area contributed by atoms with E-state index in [9.17, 15) is 0 Å². The van der Waals surface area contributed by atoms with Gasteiger partial charge in [0.15, 0.2) is 0 Å². The molecule has 0 aromatic heterocycles. The van der Waals surface area contributed by atoms with Gasteiger partial charge >= 0.3 is 37.9 Å². The fourth-order valence-corrected chi connectivity index (χ4v) is 16.0. The fourth-order valence-electron chi connectivity index (χ4n) is 9.72. The van der Waals surface area contributed by atoms with Gasteiger partial charge in [0.2, 0.25) is 0 Å². The van der Waals surface area contributed by atoms with Crippen molar-refractivity contribution in [2.75, 3.05) is 0 Å². The van der Waals surface area contributed by atoms with Crippen molar-refractivity contribution in [2.24, 2.45) is 0 Å². The molecule has 2 radical (unpaired) electrons. The third kappa shape index (κ3) is 14.7. The number of rotatable bonds is 12. The van der Waals surface area contributed by atoms with E-state index in [0.29, 0.717) is 0 Å². The van der Waals surface area contributed by atoms with Crippen LogP contribution in [0.5, 0.6) is 0 Å². The van der Waals surface area contributed by atoms with Gasteiger partial charge in [0.25, 0.3) is 0 Å². The van der Waals surface area contributed by atoms with Crippen LogP contribution in [0.15, 0.2) is 127 Å². The number of aryl methyl sites for hydroxylation is 4. The zero-order valence-electron chi connectivity index (χ0n) is 46.6. The Morgan fingerprint density at radius 3 is 1.28 bits per heavy atom. The number of halogens is 2. The molecule has 0 amide bonds. The molecule has 8 heteroatoms. The molecule has 0 aliphatic carbocycles. The molecule has 0 nitrogen and oxygen atoms in total. The van der Waals surface area contributed by atoms with E-state index in [4.69, 9.17) is 17.0 Å². The number of hydrogen-bond acceptors (Lipinski definition) is 0. The van der Waals surface area contributed by atoms with Crippen LogP contribution in [0.25, 0.3) is 54.9 Å². The predicted molar refractivity (Wildman–Crippen MR) is 336 cm³/mol. The second kappa shape index (κ2) is 24.8. The third-order valence-electron chi connectivity index (χ3n) is 14.2. The van der Waals surface area contributed by atoms with Crippen LogP contribution in [0.4, 0.5) is 0 Å². The molecular weight excluding hydrogens is 1070 g/mol. The van der Waals surface area contributed by atoms with Crippen molar-refractivity contribution in [2.45, 2.75) is 145 Å². The molecule has 1 aliphatic rings. The van der Waals surface area contributed by atoms with Crippen LogP contribution in [-0.2, 0) is 33.7 Å². The zero-order chi connectivity index (χ0) is 52.8. The SMILES string of the molecule is CCCCc1cc2c(-c3cc([Si](C)(C)C)cc([Si](C)(C)C)c3)c(C)ccc2[cH-]1.CCCCc1cc2c(-c3cc([Si](C)(C)C)cc([Si](C)(C)C)c3)c(C)ccc2[cH-]1.[Cl][Zr][Cl].[c-]1cccc2c1[Si]c1ccccc1-2. The number of hydrogen-bond donors (Lipinski definition) is 0. The molecule has 0 fully saturated rings. The maximum atomic E-state index is 4.93. The van der Waals surface area contributed by atoms with Gasteiger partial charge in [-0.1, -0.05) is 233 Å². The van der Waals surface area contributed by atoms with Crippen LogP contribution in [0.1, 0.15) is 61.8 Å². The summed E-state index contributed by atoms with van der Waals surface area (Å²) in [6, 6.07) is 52.3. The smallest absolute Gasteiger partial charge is 0.0920 e. The summed E-state index contributed by atoms with van der Waals surface area (Å²) >= 11 is -0.826. The topological polar surface area (TPSA) is 0 Å². The Hall–Kier alpha value is -2.91. The summed E-state index contributed by atoms with van der Waals surface area (Å²) in [7, 11) is 5.13. The molecule has 8 aromatic rings. The van der Waals surface area contributed by atoms with Crippen molar-refractivity contribution < 1.29 is 20.8 Å². The van der Waals surface area contributed by atoms with Crippen molar-refractivity contribution in [1.82, 2.24) is 0 Å². The van der Waals surface area contributed by atoms with E-state index in [1.54, 1.807) is 20.7 Å². The van der Waals surface area contributed by atoms with Crippen LogP contribution in [0.3, 0.4) is 0 Å². The van der Waals surface area contributed by atoms with Gasteiger partial charge in [0, 0.05) is 0 Å². The van der Waals surface area contributed by atoms with Crippen molar-refractivity contribution in [3.05, 3.63) is 156 Å². The van der Waals surface area contributed by atoms with Gasteiger partial charge in [0.1, 0.15) is 0 Å². The first-order valence-corrected chi connectivity index (χ1v) is 47.7. The Morgan fingerprint density at radius 2 is 0.889 bits per heavy atom. The second-order valence-electron chi connectivity index (χ2n) is 24.3. The Kier molecular flexibility index (Phi) is 20.1. The van der Waals surface area contributed by atoms with Crippen LogP contribution in [-0.4, -0.2) is 41.8 Å². The first-order valence-electron chi connectivity index (χ1n) is 26.4. The Labute approximate surface area is 462 Å². The van der Waals surface area contributed by atoms with E-state index in [-0.39, 0.29) is 0 Å². The minimum absolute atomic E-state index is 0.795. The molecule has 0 unspecified atom stereocenters. The minimum atomic E-state index is -1.38. The number of benzene rings is 6. The van der Waals surface area contributed by atoms with Crippen LogP contribution < -0.4 is 31.1 Å². The molecule has 0 N–H and O–H groups in total. The van der Waals surface area contributed by atoms with Crippen molar-refractivity contribution in [3.63, 3.8) is 0 Å². The van der Waals surface area contributed by atoms with Gasteiger partial charge in [-0.2, -0.15) is 41.6 Å². The summed E-state index contributed by atoms with van der Waals surface area (Å²) in [6.07, 6.45) is 7.44. The maximum absolute atomic E-state index is 4.93. The zero-order valence-corrected chi connectivity index (χ0v) is 55.6. The largest absolute Gasteiger partial charge is 0.184 e. The van der Waals surface area contributed by atoms with Crippen LogP contribution in [0.2, 0.25) is 78.6 Å². The Morgan fingerprint density at radius 1 is 0.500 bits per heavy atom. The quantitative estimate of drug-likeness (QED) is 0.0845. The third-order valence-corrected chi connectivity index (χ3v) is 23.6. The number of fused-ring (bicyclic) bond motifs is 5. The van der Waals surface area contributed by atoms with E-state index in [1.807, 2.05) is 6.07 Å². The van der Waals surface area contributed by atoms with Crippen LogP contribution in [0, 0.1) is 19.9 Å². The van der Waals surface area contributed by atoms with Gasteiger partial charge in [0.05, 0.1) is 41.8 Å². The molecule has 8 aromatic carbocycles. The van der Waals surface area contributed by atoms with E-state index >= 15 is 0 Å². The minimum Gasteiger partial charge on any atom is -0.184 e. The monoisotopic (exact) mass is 1150 g/mol. The molecule has 72 heavy (non-hydrogen) atoms.